The molecule has 2 aromatic carbocycles. The number of hydrogen-bond acceptors (Lipinski definition) is 6. The fourth-order valence-corrected chi connectivity index (χ4v) is 4.00. The summed E-state index contributed by atoms with van der Waals surface area (Å²) < 4.78 is 5.18. The summed E-state index contributed by atoms with van der Waals surface area (Å²) in [6.07, 6.45) is 0.183. The molecule has 0 atom stereocenters. The Labute approximate surface area is 175 Å². The van der Waals surface area contributed by atoms with E-state index in [1.54, 1.807) is 19.2 Å². The molecule has 0 unspecified atom stereocenters. The maximum atomic E-state index is 12.5. The second-order valence-electron chi connectivity index (χ2n) is 6.35. The summed E-state index contributed by atoms with van der Waals surface area (Å²) in [5, 5.41) is 3.94. The van der Waals surface area contributed by atoms with Crippen LogP contribution in [0.25, 0.3) is 22.3 Å². The predicted molar refractivity (Wildman–Crippen MR) is 115 cm³/mol. The number of rotatable bonds is 6. The minimum Gasteiger partial charge on any atom is -0.497 e. The van der Waals surface area contributed by atoms with Gasteiger partial charge in [0.05, 0.1) is 36.8 Å². The zero-order valence-corrected chi connectivity index (χ0v) is 17.1. The largest absolute Gasteiger partial charge is 0.497 e. The molecule has 148 valence electrons. The Balaban J connectivity index is 1.45. The number of methoxy groups -OCH3 is 1. The molecule has 1 amide bonds. The monoisotopic (exact) mass is 427 g/mol. The number of thiazole rings is 1. The Morgan fingerprint density at radius 2 is 2.03 bits per heavy atom. The van der Waals surface area contributed by atoms with Gasteiger partial charge >= 0.3 is 0 Å². The van der Waals surface area contributed by atoms with Crippen LogP contribution in [0.4, 0.5) is 5.13 Å². The number of amides is 1. The molecule has 9 heteroatoms. The highest BCUT2D eigenvalue weighted by molar-refractivity contribution is 7.15. The average Bonchev–Trinajstić information content (AvgIpc) is 3.28. The van der Waals surface area contributed by atoms with E-state index in [-0.39, 0.29) is 18.9 Å². The summed E-state index contributed by atoms with van der Waals surface area (Å²) in [5.74, 6) is 1.28. The normalized spacial score (nSPS) is 11.0. The molecular weight excluding hydrogens is 410 g/mol. The average molecular weight is 428 g/mol. The van der Waals surface area contributed by atoms with E-state index in [1.807, 2.05) is 30.3 Å². The van der Waals surface area contributed by atoms with Crippen molar-refractivity contribution in [2.24, 2.45) is 0 Å². The van der Waals surface area contributed by atoms with Gasteiger partial charge in [0.15, 0.2) is 5.13 Å². The molecule has 0 bridgehead atoms. The Morgan fingerprint density at radius 3 is 2.79 bits per heavy atom. The van der Waals surface area contributed by atoms with E-state index < -0.39 is 0 Å². The van der Waals surface area contributed by atoms with Crippen LogP contribution in [-0.4, -0.2) is 28.0 Å². The molecule has 0 fully saturated rings. The molecule has 2 aromatic heterocycles. The van der Waals surface area contributed by atoms with Gasteiger partial charge in [0.25, 0.3) is 0 Å². The lowest BCUT2D eigenvalue weighted by molar-refractivity contribution is -0.120. The van der Waals surface area contributed by atoms with Crippen LogP contribution in [0.15, 0.2) is 42.5 Å². The maximum absolute atomic E-state index is 12.5. The Morgan fingerprint density at radius 1 is 1.24 bits per heavy atom. The second-order valence-corrected chi connectivity index (χ2v) is 7.90. The first-order chi connectivity index (χ1) is 14.0. The van der Waals surface area contributed by atoms with E-state index in [1.165, 1.54) is 11.3 Å². The van der Waals surface area contributed by atoms with Gasteiger partial charge in [-0.15, -0.1) is 11.3 Å². The van der Waals surface area contributed by atoms with Crippen LogP contribution >= 0.6 is 22.9 Å². The van der Waals surface area contributed by atoms with E-state index in [4.69, 9.17) is 22.1 Å². The number of halogens is 1. The third kappa shape index (κ3) is 4.33. The number of ether oxygens (including phenoxy) is 1. The van der Waals surface area contributed by atoms with Gasteiger partial charge in [-0.2, -0.15) is 0 Å². The van der Waals surface area contributed by atoms with Crippen LogP contribution in [-0.2, 0) is 17.8 Å². The van der Waals surface area contributed by atoms with Gasteiger partial charge in [0, 0.05) is 15.5 Å². The molecule has 0 aliphatic rings. The Bertz CT molecular complexity index is 1170. The molecule has 0 aliphatic carbocycles. The molecule has 7 nitrogen and oxygen atoms in total. The number of carbonyl (C=O) groups is 1. The Hall–Kier alpha value is -3.10. The standard InChI is InChI=1S/C20H18ClN5O2S/c1-28-13-5-2-11(3-6-13)19-16(29-20(22)26-19)9-18(27)23-10-17-24-14-7-4-12(21)8-15(14)25-17/h2-8H,9-10H2,1H3,(H2,22,26)(H,23,27)(H,24,25). The van der Waals surface area contributed by atoms with Gasteiger partial charge in [-0.1, -0.05) is 11.6 Å². The van der Waals surface area contributed by atoms with Crippen LogP contribution in [0.3, 0.4) is 0 Å². The zero-order valence-electron chi connectivity index (χ0n) is 15.5. The van der Waals surface area contributed by atoms with Crippen molar-refractivity contribution in [2.75, 3.05) is 12.8 Å². The molecule has 2 heterocycles. The number of nitrogens with zero attached hydrogens (tertiary/aromatic N) is 2. The van der Waals surface area contributed by atoms with E-state index in [0.29, 0.717) is 21.7 Å². The highest BCUT2D eigenvalue weighted by Gasteiger charge is 2.16. The number of aromatic nitrogens is 3. The predicted octanol–water partition coefficient (Wildman–Crippen LogP) is 3.79. The number of carbonyl (C=O) groups excluding carboxylic acids is 1. The summed E-state index contributed by atoms with van der Waals surface area (Å²) in [5.41, 5.74) is 9.12. The summed E-state index contributed by atoms with van der Waals surface area (Å²) in [6, 6.07) is 12.9. The number of nitrogens with two attached hydrogens (primary N) is 1. The van der Waals surface area contributed by atoms with Crippen LogP contribution in [0.1, 0.15) is 10.7 Å². The molecule has 0 saturated heterocycles. The van der Waals surface area contributed by atoms with Gasteiger partial charge in [-0.3, -0.25) is 4.79 Å². The highest BCUT2D eigenvalue weighted by Crippen LogP contribution is 2.31. The molecule has 0 aliphatic heterocycles. The smallest absolute Gasteiger partial charge is 0.225 e. The highest BCUT2D eigenvalue weighted by atomic mass is 35.5. The van der Waals surface area contributed by atoms with Crippen molar-refractivity contribution in [1.29, 1.82) is 0 Å². The molecule has 0 spiro atoms. The summed E-state index contributed by atoms with van der Waals surface area (Å²) in [4.78, 5) is 25.3. The van der Waals surface area contributed by atoms with Gasteiger partial charge in [0.2, 0.25) is 5.91 Å². The molecule has 4 aromatic rings. The van der Waals surface area contributed by atoms with Crippen LogP contribution in [0, 0.1) is 0 Å². The first-order valence-corrected chi connectivity index (χ1v) is 10.0. The SMILES string of the molecule is COc1ccc(-c2nc(N)sc2CC(=O)NCc2nc3ccc(Cl)cc3[nH]2)cc1. The number of aromatic amines is 1. The topological polar surface area (TPSA) is 106 Å². The van der Waals surface area contributed by atoms with Crippen molar-refractivity contribution in [2.45, 2.75) is 13.0 Å². The lowest BCUT2D eigenvalue weighted by atomic mass is 10.1. The minimum absolute atomic E-state index is 0.137. The quantitative estimate of drug-likeness (QED) is 0.434. The lowest BCUT2D eigenvalue weighted by Crippen LogP contribution is -2.25. The van der Waals surface area contributed by atoms with E-state index in [2.05, 4.69) is 20.3 Å². The third-order valence-corrected chi connectivity index (χ3v) is 5.46. The molecule has 0 radical (unpaired) electrons. The van der Waals surface area contributed by atoms with Gasteiger partial charge in [0.1, 0.15) is 11.6 Å². The van der Waals surface area contributed by atoms with Crippen molar-refractivity contribution < 1.29 is 9.53 Å². The van der Waals surface area contributed by atoms with E-state index >= 15 is 0 Å². The van der Waals surface area contributed by atoms with Gasteiger partial charge in [-0.05, 0) is 42.5 Å². The molecule has 4 rings (SSSR count). The minimum atomic E-state index is -0.137. The Kier molecular flexibility index (Phi) is 5.37. The summed E-state index contributed by atoms with van der Waals surface area (Å²) >= 11 is 7.30. The number of nitrogen functional groups attached to an aromatic ring is 1. The number of benzene rings is 2. The van der Waals surface area contributed by atoms with Crippen molar-refractivity contribution in [3.05, 3.63) is 58.2 Å². The number of imidazole rings is 1. The summed E-state index contributed by atoms with van der Waals surface area (Å²) in [7, 11) is 1.61. The van der Waals surface area contributed by atoms with Gasteiger partial charge in [-0.25, -0.2) is 9.97 Å². The van der Waals surface area contributed by atoms with Gasteiger partial charge < -0.3 is 20.8 Å². The fraction of sp³-hybridized carbons (Fsp3) is 0.150. The van der Waals surface area contributed by atoms with E-state index in [9.17, 15) is 4.79 Å². The van der Waals surface area contributed by atoms with Crippen LogP contribution in [0.5, 0.6) is 5.75 Å². The number of anilines is 1. The number of hydrogen-bond donors (Lipinski definition) is 3. The molecule has 4 N–H and O–H groups in total. The molecule has 29 heavy (non-hydrogen) atoms. The second kappa shape index (κ2) is 8.10. The summed E-state index contributed by atoms with van der Waals surface area (Å²) in [6.45, 7) is 0.289. The third-order valence-electron chi connectivity index (χ3n) is 4.34. The fourth-order valence-electron chi connectivity index (χ4n) is 2.97. The maximum Gasteiger partial charge on any atom is 0.225 e. The van der Waals surface area contributed by atoms with E-state index in [0.717, 1.165) is 27.2 Å². The van der Waals surface area contributed by atoms with Crippen molar-refractivity contribution in [1.82, 2.24) is 20.3 Å². The van der Waals surface area contributed by atoms with Crippen molar-refractivity contribution in [3.63, 3.8) is 0 Å². The molecule has 0 saturated carbocycles. The lowest BCUT2D eigenvalue weighted by Gasteiger charge is -2.05. The van der Waals surface area contributed by atoms with Crippen molar-refractivity contribution >= 4 is 45.0 Å². The van der Waals surface area contributed by atoms with Crippen molar-refractivity contribution in [3.8, 4) is 17.0 Å². The van der Waals surface area contributed by atoms with Crippen LogP contribution in [0.2, 0.25) is 5.02 Å². The number of fused-ring (bicyclic) bond motifs is 1. The zero-order chi connectivity index (χ0) is 20.4. The number of H-pyrrole nitrogens is 1. The first kappa shape index (κ1) is 19.2. The number of nitrogens with one attached hydrogen (secondary N) is 2. The van der Waals surface area contributed by atoms with Crippen LogP contribution < -0.4 is 15.8 Å². The first-order valence-electron chi connectivity index (χ1n) is 8.82. The molecular formula is C20H18ClN5O2S.